The number of hydrogen-bond donors (Lipinski definition) is 2. The van der Waals surface area contributed by atoms with Gasteiger partial charge in [0.15, 0.2) is 5.82 Å². The summed E-state index contributed by atoms with van der Waals surface area (Å²) in [7, 11) is 0. The normalized spacial score (nSPS) is 10.2. The molecule has 19 heavy (non-hydrogen) atoms. The Morgan fingerprint density at radius 1 is 1.21 bits per heavy atom. The molecule has 0 saturated heterocycles. The van der Waals surface area contributed by atoms with Crippen molar-refractivity contribution in [3.8, 4) is 5.88 Å². The van der Waals surface area contributed by atoms with Crippen LogP contribution in [0.15, 0.2) is 18.7 Å². The molecule has 2 heterocycles. The number of nitrogens with two attached hydrogens (primary N) is 1. The van der Waals surface area contributed by atoms with E-state index < -0.39 is 0 Å². The highest BCUT2D eigenvalue weighted by Gasteiger charge is 2.08. The SMILES string of the molecule is CCOc1ncnc(NCc2cnc(C)cn2)c1N. The number of anilines is 2. The maximum atomic E-state index is 5.91. The van der Waals surface area contributed by atoms with E-state index in [4.69, 9.17) is 10.5 Å². The Morgan fingerprint density at radius 2 is 2.05 bits per heavy atom. The van der Waals surface area contributed by atoms with Crippen molar-refractivity contribution >= 4 is 11.5 Å². The molecule has 0 radical (unpaired) electrons. The first-order valence-electron chi connectivity index (χ1n) is 5.95. The van der Waals surface area contributed by atoms with Crippen LogP contribution in [0.3, 0.4) is 0 Å². The van der Waals surface area contributed by atoms with Crippen LogP contribution in [0.25, 0.3) is 0 Å². The lowest BCUT2D eigenvalue weighted by molar-refractivity contribution is 0.328. The average Bonchev–Trinajstić information content (AvgIpc) is 2.42. The van der Waals surface area contributed by atoms with Crippen LogP contribution < -0.4 is 15.8 Å². The molecule has 3 N–H and O–H groups in total. The Bertz CT molecular complexity index is 542. The third-order valence-electron chi connectivity index (χ3n) is 2.40. The lowest BCUT2D eigenvalue weighted by atomic mass is 10.4. The van der Waals surface area contributed by atoms with Crippen molar-refractivity contribution in [2.45, 2.75) is 20.4 Å². The standard InChI is InChI=1S/C12H16N6O/c1-3-19-12-10(13)11(17-7-18-12)16-6-9-5-14-8(2)4-15-9/h4-5,7H,3,6,13H2,1-2H3,(H,16,17,18). The van der Waals surface area contributed by atoms with E-state index >= 15 is 0 Å². The van der Waals surface area contributed by atoms with Crippen LogP contribution in [-0.4, -0.2) is 26.5 Å². The van der Waals surface area contributed by atoms with E-state index in [1.54, 1.807) is 12.4 Å². The lowest BCUT2D eigenvalue weighted by Gasteiger charge is -2.10. The molecule has 0 unspecified atom stereocenters. The van der Waals surface area contributed by atoms with E-state index in [2.05, 4.69) is 25.3 Å². The van der Waals surface area contributed by atoms with E-state index in [1.807, 2.05) is 13.8 Å². The van der Waals surface area contributed by atoms with Crippen LogP contribution in [0, 0.1) is 6.92 Å². The second-order valence-electron chi connectivity index (χ2n) is 3.88. The van der Waals surface area contributed by atoms with Crippen LogP contribution in [0.5, 0.6) is 5.88 Å². The molecule has 0 aliphatic carbocycles. The van der Waals surface area contributed by atoms with Crippen LogP contribution in [0.2, 0.25) is 0 Å². The summed E-state index contributed by atoms with van der Waals surface area (Å²) in [5.74, 6) is 0.913. The van der Waals surface area contributed by atoms with Gasteiger partial charge in [-0.2, -0.15) is 4.98 Å². The third-order valence-corrected chi connectivity index (χ3v) is 2.40. The number of rotatable bonds is 5. The zero-order valence-corrected chi connectivity index (χ0v) is 10.9. The highest BCUT2D eigenvalue weighted by molar-refractivity contribution is 5.66. The largest absolute Gasteiger partial charge is 0.476 e. The number of aryl methyl sites for hydroxylation is 1. The highest BCUT2D eigenvalue weighted by atomic mass is 16.5. The van der Waals surface area contributed by atoms with E-state index in [1.165, 1.54) is 6.33 Å². The van der Waals surface area contributed by atoms with Gasteiger partial charge in [0.05, 0.1) is 30.7 Å². The molecule has 0 bridgehead atoms. The molecule has 0 aromatic carbocycles. The van der Waals surface area contributed by atoms with Gasteiger partial charge < -0.3 is 15.8 Å². The monoisotopic (exact) mass is 260 g/mol. The Morgan fingerprint density at radius 3 is 2.74 bits per heavy atom. The first kappa shape index (κ1) is 13.0. The summed E-state index contributed by atoms with van der Waals surface area (Å²) in [5, 5.41) is 3.09. The minimum absolute atomic E-state index is 0.384. The number of hydrogen-bond acceptors (Lipinski definition) is 7. The summed E-state index contributed by atoms with van der Waals surface area (Å²) in [6.07, 6.45) is 4.83. The van der Waals surface area contributed by atoms with Crippen molar-refractivity contribution in [2.24, 2.45) is 0 Å². The fraction of sp³-hybridized carbons (Fsp3) is 0.333. The Balaban J connectivity index is 2.07. The molecule has 7 heteroatoms. The zero-order chi connectivity index (χ0) is 13.7. The molecule has 2 aromatic heterocycles. The first-order valence-corrected chi connectivity index (χ1v) is 5.95. The molecule has 0 atom stereocenters. The lowest BCUT2D eigenvalue weighted by Crippen LogP contribution is -2.09. The van der Waals surface area contributed by atoms with Gasteiger partial charge in [-0.3, -0.25) is 9.97 Å². The van der Waals surface area contributed by atoms with Gasteiger partial charge in [-0.25, -0.2) is 4.98 Å². The maximum Gasteiger partial charge on any atom is 0.242 e. The molecule has 0 fully saturated rings. The van der Waals surface area contributed by atoms with Crippen LogP contribution >= 0.6 is 0 Å². The van der Waals surface area contributed by atoms with E-state index in [0.717, 1.165) is 11.4 Å². The van der Waals surface area contributed by atoms with Crippen molar-refractivity contribution in [1.82, 2.24) is 19.9 Å². The van der Waals surface area contributed by atoms with Gasteiger partial charge in [0.2, 0.25) is 5.88 Å². The Kier molecular flexibility index (Phi) is 4.07. The van der Waals surface area contributed by atoms with E-state index in [9.17, 15) is 0 Å². The van der Waals surface area contributed by atoms with Crippen molar-refractivity contribution in [1.29, 1.82) is 0 Å². The first-order chi connectivity index (χ1) is 9.20. The highest BCUT2D eigenvalue weighted by Crippen LogP contribution is 2.24. The van der Waals surface area contributed by atoms with Gasteiger partial charge in [-0.15, -0.1) is 0 Å². The molecular formula is C12H16N6O. The Labute approximate surface area is 111 Å². The number of nitrogens with one attached hydrogen (secondary N) is 1. The second kappa shape index (κ2) is 5.94. The topological polar surface area (TPSA) is 98.8 Å². The van der Waals surface area contributed by atoms with Gasteiger partial charge in [-0.1, -0.05) is 0 Å². The summed E-state index contributed by atoms with van der Waals surface area (Å²) in [4.78, 5) is 16.5. The molecule has 7 nitrogen and oxygen atoms in total. The summed E-state index contributed by atoms with van der Waals surface area (Å²) in [6.45, 7) is 4.75. The molecule has 0 spiro atoms. The molecule has 2 rings (SSSR count). The van der Waals surface area contributed by atoms with Crippen LogP contribution in [-0.2, 0) is 6.54 Å². The number of ether oxygens (including phenoxy) is 1. The summed E-state index contributed by atoms with van der Waals surface area (Å²) in [6, 6.07) is 0. The fourth-order valence-electron chi connectivity index (χ4n) is 1.46. The maximum absolute atomic E-state index is 5.91. The zero-order valence-electron chi connectivity index (χ0n) is 10.9. The van der Waals surface area contributed by atoms with Crippen LogP contribution in [0.1, 0.15) is 18.3 Å². The molecule has 100 valence electrons. The predicted molar refractivity (Wildman–Crippen MR) is 71.7 cm³/mol. The molecule has 0 aliphatic rings. The van der Waals surface area contributed by atoms with Gasteiger partial charge in [0, 0.05) is 6.20 Å². The van der Waals surface area contributed by atoms with Gasteiger partial charge in [0.1, 0.15) is 12.0 Å². The van der Waals surface area contributed by atoms with Crippen molar-refractivity contribution in [3.63, 3.8) is 0 Å². The predicted octanol–water partition coefficient (Wildman–Crippen LogP) is 1.17. The number of nitrogen functional groups attached to an aromatic ring is 1. The van der Waals surface area contributed by atoms with Gasteiger partial charge in [0.25, 0.3) is 0 Å². The summed E-state index contributed by atoms with van der Waals surface area (Å²) >= 11 is 0. The smallest absolute Gasteiger partial charge is 0.242 e. The molecule has 0 aliphatic heterocycles. The average molecular weight is 260 g/mol. The molecule has 2 aromatic rings. The van der Waals surface area contributed by atoms with Crippen LogP contribution in [0.4, 0.5) is 11.5 Å². The quantitative estimate of drug-likeness (QED) is 0.832. The van der Waals surface area contributed by atoms with Crippen molar-refractivity contribution < 1.29 is 4.74 Å². The minimum atomic E-state index is 0.384. The second-order valence-corrected chi connectivity index (χ2v) is 3.88. The number of nitrogens with zero attached hydrogens (tertiary/aromatic N) is 4. The summed E-state index contributed by atoms with van der Waals surface area (Å²) in [5.41, 5.74) is 7.99. The number of aromatic nitrogens is 4. The third kappa shape index (κ3) is 3.27. The van der Waals surface area contributed by atoms with Crippen molar-refractivity contribution in [2.75, 3.05) is 17.7 Å². The van der Waals surface area contributed by atoms with Crippen molar-refractivity contribution in [3.05, 3.63) is 30.1 Å². The molecular weight excluding hydrogens is 244 g/mol. The van der Waals surface area contributed by atoms with Gasteiger partial charge >= 0.3 is 0 Å². The molecule has 0 saturated carbocycles. The van der Waals surface area contributed by atoms with E-state index in [-0.39, 0.29) is 0 Å². The Hall–Kier alpha value is -2.44. The molecule has 0 amide bonds. The minimum Gasteiger partial charge on any atom is -0.476 e. The van der Waals surface area contributed by atoms with E-state index in [0.29, 0.717) is 30.5 Å². The summed E-state index contributed by atoms with van der Waals surface area (Å²) < 4.78 is 5.30. The fourth-order valence-corrected chi connectivity index (χ4v) is 1.46. The van der Waals surface area contributed by atoms with Gasteiger partial charge in [-0.05, 0) is 13.8 Å².